The van der Waals surface area contributed by atoms with Crippen molar-refractivity contribution in [1.82, 2.24) is 4.98 Å². The molecule has 0 amide bonds. The number of rotatable bonds is 2. The Hall–Kier alpha value is -0.710. The number of aromatic amines is 1. The van der Waals surface area contributed by atoms with Crippen LogP contribution >= 0.6 is 12.2 Å². The van der Waals surface area contributed by atoms with Gasteiger partial charge in [0.15, 0.2) is 0 Å². The van der Waals surface area contributed by atoms with E-state index >= 15 is 0 Å². The van der Waals surface area contributed by atoms with E-state index in [1.165, 1.54) is 0 Å². The summed E-state index contributed by atoms with van der Waals surface area (Å²) in [5.41, 5.74) is 6.40. The highest BCUT2D eigenvalue weighted by Gasteiger charge is 2.01. The van der Waals surface area contributed by atoms with Crippen LogP contribution in [0.2, 0.25) is 0 Å². The van der Waals surface area contributed by atoms with Crippen LogP contribution < -0.4 is 5.73 Å². The predicted molar refractivity (Wildman–Crippen MR) is 45.6 cm³/mol. The zero-order chi connectivity index (χ0) is 8.27. The number of aromatic nitrogens is 1. The zero-order valence-electron chi connectivity index (χ0n) is 5.95. The molecule has 0 saturated carbocycles. The van der Waals surface area contributed by atoms with Gasteiger partial charge >= 0.3 is 0 Å². The van der Waals surface area contributed by atoms with Crippen molar-refractivity contribution in [3.8, 4) is 0 Å². The molecule has 4 N–H and O–H groups in total. The molecule has 1 heterocycles. The quantitative estimate of drug-likeness (QED) is 0.573. The van der Waals surface area contributed by atoms with E-state index in [4.69, 9.17) is 23.1 Å². The molecular weight excluding hydrogens is 160 g/mol. The zero-order valence-corrected chi connectivity index (χ0v) is 6.77. The van der Waals surface area contributed by atoms with Crippen LogP contribution in [0.25, 0.3) is 0 Å². The minimum absolute atomic E-state index is 0.0510. The lowest BCUT2D eigenvalue weighted by atomic mass is 10.1. The average molecular weight is 170 g/mol. The lowest BCUT2D eigenvalue weighted by Crippen LogP contribution is -2.14. The summed E-state index contributed by atoms with van der Waals surface area (Å²) in [6.07, 6.45) is 1.71. The molecule has 0 spiro atoms. The van der Waals surface area contributed by atoms with E-state index in [1.807, 2.05) is 0 Å². The standard InChI is InChI=1S/C7H10N2OS/c8-6(4-10)5-1-2-7(11)9-3-5/h1-3,6,10H,4,8H2,(H,9,11)/t6-/m0/s1. The Morgan fingerprint density at radius 1 is 1.64 bits per heavy atom. The maximum Gasteiger partial charge on any atom is 0.103 e. The average Bonchev–Trinajstić information content (AvgIpc) is 2.05. The second kappa shape index (κ2) is 3.61. The number of hydrogen-bond donors (Lipinski definition) is 3. The number of aliphatic hydroxyl groups excluding tert-OH is 1. The first-order valence-electron chi connectivity index (χ1n) is 3.29. The van der Waals surface area contributed by atoms with Gasteiger partial charge in [-0.2, -0.15) is 0 Å². The third-order valence-corrected chi connectivity index (χ3v) is 1.69. The molecule has 0 unspecified atom stereocenters. The summed E-state index contributed by atoms with van der Waals surface area (Å²) in [5, 5.41) is 8.69. The van der Waals surface area contributed by atoms with E-state index in [9.17, 15) is 0 Å². The Labute approximate surface area is 69.9 Å². The minimum Gasteiger partial charge on any atom is -0.394 e. The van der Waals surface area contributed by atoms with Crippen LogP contribution in [0, 0.1) is 4.64 Å². The Morgan fingerprint density at radius 2 is 2.36 bits per heavy atom. The maximum absolute atomic E-state index is 8.69. The fraction of sp³-hybridized carbons (Fsp3) is 0.286. The lowest BCUT2D eigenvalue weighted by Gasteiger charge is -2.06. The Kier molecular flexibility index (Phi) is 2.76. The van der Waals surface area contributed by atoms with Gasteiger partial charge in [-0.1, -0.05) is 18.3 Å². The van der Waals surface area contributed by atoms with Crippen molar-refractivity contribution in [2.24, 2.45) is 5.73 Å². The molecule has 0 aliphatic rings. The van der Waals surface area contributed by atoms with E-state index in [0.29, 0.717) is 4.64 Å². The SMILES string of the molecule is N[C@@H](CO)c1ccc(=S)[nH]c1. The van der Waals surface area contributed by atoms with Crippen molar-refractivity contribution in [1.29, 1.82) is 0 Å². The third-order valence-electron chi connectivity index (χ3n) is 1.43. The molecule has 0 saturated heterocycles. The molecule has 4 heteroatoms. The van der Waals surface area contributed by atoms with Gasteiger partial charge in [0.1, 0.15) is 4.64 Å². The molecule has 0 aromatic carbocycles. The molecule has 0 fully saturated rings. The molecule has 1 aromatic heterocycles. The topological polar surface area (TPSA) is 62.0 Å². The van der Waals surface area contributed by atoms with E-state index in [0.717, 1.165) is 5.56 Å². The highest BCUT2D eigenvalue weighted by molar-refractivity contribution is 7.71. The molecule has 0 aliphatic heterocycles. The maximum atomic E-state index is 8.69. The van der Waals surface area contributed by atoms with Gasteiger partial charge in [-0.15, -0.1) is 0 Å². The second-order valence-corrected chi connectivity index (χ2v) is 2.72. The van der Waals surface area contributed by atoms with Gasteiger partial charge in [0.25, 0.3) is 0 Å². The van der Waals surface area contributed by atoms with Crippen LogP contribution in [0.1, 0.15) is 11.6 Å². The van der Waals surface area contributed by atoms with Gasteiger partial charge in [-0.3, -0.25) is 0 Å². The monoisotopic (exact) mass is 170 g/mol. The molecular formula is C7H10N2OS. The normalized spacial score (nSPS) is 12.9. The van der Waals surface area contributed by atoms with E-state index in [-0.39, 0.29) is 12.6 Å². The highest BCUT2D eigenvalue weighted by atomic mass is 32.1. The van der Waals surface area contributed by atoms with Gasteiger partial charge in [-0.05, 0) is 11.6 Å². The van der Waals surface area contributed by atoms with Crippen LogP contribution in [0.15, 0.2) is 18.3 Å². The van der Waals surface area contributed by atoms with Gasteiger partial charge < -0.3 is 15.8 Å². The summed E-state index contributed by atoms with van der Waals surface area (Å²) in [7, 11) is 0. The van der Waals surface area contributed by atoms with Crippen molar-refractivity contribution in [3.05, 3.63) is 28.5 Å². The van der Waals surface area contributed by atoms with Crippen LogP contribution in [-0.4, -0.2) is 16.7 Å². The number of hydrogen-bond acceptors (Lipinski definition) is 3. The summed E-state index contributed by atoms with van der Waals surface area (Å²) in [4.78, 5) is 2.84. The van der Waals surface area contributed by atoms with Crippen molar-refractivity contribution < 1.29 is 5.11 Å². The number of aliphatic hydroxyl groups is 1. The summed E-state index contributed by atoms with van der Waals surface area (Å²) in [5.74, 6) is 0. The molecule has 60 valence electrons. The van der Waals surface area contributed by atoms with Crippen molar-refractivity contribution in [2.45, 2.75) is 6.04 Å². The van der Waals surface area contributed by atoms with Gasteiger partial charge in [0, 0.05) is 6.20 Å². The van der Waals surface area contributed by atoms with E-state index in [1.54, 1.807) is 18.3 Å². The molecule has 3 nitrogen and oxygen atoms in total. The molecule has 1 aromatic rings. The molecule has 1 rings (SSSR count). The van der Waals surface area contributed by atoms with Crippen molar-refractivity contribution >= 4 is 12.2 Å². The van der Waals surface area contributed by atoms with Crippen LogP contribution in [0.3, 0.4) is 0 Å². The first-order valence-corrected chi connectivity index (χ1v) is 3.70. The first kappa shape index (κ1) is 8.39. The molecule has 11 heavy (non-hydrogen) atoms. The Balaban J connectivity index is 2.89. The lowest BCUT2D eigenvalue weighted by molar-refractivity contribution is 0.268. The number of H-pyrrole nitrogens is 1. The second-order valence-electron chi connectivity index (χ2n) is 2.28. The van der Waals surface area contributed by atoms with E-state index < -0.39 is 0 Å². The molecule has 0 aliphatic carbocycles. The molecule has 0 radical (unpaired) electrons. The fourth-order valence-electron chi connectivity index (χ4n) is 0.759. The predicted octanol–water partition coefficient (Wildman–Crippen LogP) is 0.736. The number of nitrogens with two attached hydrogens (primary N) is 1. The smallest absolute Gasteiger partial charge is 0.103 e. The highest BCUT2D eigenvalue weighted by Crippen LogP contribution is 2.06. The summed E-state index contributed by atoms with van der Waals surface area (Å²) in [6, 6.07) is 3.24. The first-order chi connectivity index (χ1) is 5.24. The summed E-state index contributed by atoms with van der Waals surface area (Å²) >= 11 is 4.84. The van der Waals surface area contributed by atoms with Crippen LogP contribution in [0.4, 0.5) is 0 Å². The third kappa shape index (κ3) is 2.11. The van der Waals surface area contributed by atoms with Crippen LogP contribution in [0.5, 0.6) is 0 Å². The van der Waals surface area contributed by atoms with Crippen molar-refractivity contribution in [2.75, 3.05) is 6.61 Å². The Bertz CT molecular complexity index is 264. The Morgan fingerprint density at radius 3 is 2.82 bits per heavy atom. The summed E-state index contributed by atoms with van der Waals surface area (Å²) < 4.78 is 0.666. The van der Waals surface area contributed by atoms with Gasteiger partial charge in [-0.25, -0.2) is 0 Å². The largest absolute Gasteiger partial charge is 0.394 e. The molecule has 0 bridgehead atoms. The molecule has 1 atom stereocenters. The van der Waals surface area contributed by atoms with E-state index in [2.05, 4.69) is 4.98 Å². The van der Waals surface area contributed by atoms with Crippen LogP contribution in [-0.2, 0) is 0 Å². The number of pyridine rings is 1. The van der Waals surface area contributed by atoms with Gasteiger partial charge in [0.05, 0.1) is 12.6 Å². The summed E-state index contributed by atoms with van der Waals surface area (Å²) in [6.45, 7) is -0.0510. The fourth-order valence-corrected chi connectivity index (χ4v) is 0.886. The number of nitrogens with one attached hydrogen (secondary N) is 1. The van der Waals surface area contributed by atoms with Gasteiger partial charge in [0.2, 0.25) is 0 Å². The minimum atomic E-state index is -0.318. The van der Waals surface area contributed by atoms with Crippen molar-refractivity contribution in [3.63, 3.8) is 0 Å².